The van der Waals surface area contributed by atoms with E-state index in [1.54, 1.807) is 12.1 Å². The lowest BCUT2D eigenvalue weighted by Crippen LogP contribution is -2.17. The lowest BCUT2D eigenvalue weighted by Gasteiger charge is -2.09. The fourth-order valence-electron chi connectivity index (χ4n) is 1.74. The van der Waals surface area contributed by atoms with Crippen molar-refractivity contribution in [1.82, 2.24) is 5.32 Å². The average Bonchev–Trinajstić information content (AvgIpc) is 2.38. The molecule has 0 saturated heterocycles. The molecule has 0 bridgehead atoms. The number of nitrogens with one attached hydrogen (secondary N) is 1. The van der Waals surface area contributed by atoms with Gasteiger partial charge in [0.2, 0.25) is 0 Å². The van der Waals surface area contributed by atoms with Crippen molar-refractivity contribution in [1.29, 1.82) is 0 Å². The SMILES string of the molecule is FC(F)(F)Oc1ccc(CNCCCCCCCl)cc1. The lowest BCUT2D eigenvalue weighted by atomic mass is 10.2. The third kappa shape index (κ3) is 8.27. The molecule has 0 unspecified atom stereocenters. The summed E-state index contributed by atoms with van der Waals surface area (Å²) in [5.74, 6) is 0.516. The van der Waals surface area contributed by atoms with Crippen molar-refractivity contribution in [3.63, 3.8) is 0 Å². The second kappa shape index (κ2) is 9.08. The molecule has 1 aromatic rings. The van der Waals surface area contributed by atoms with Crippen LogP contribution in [0, 0.1) is 0 Å². The van der Waals surface area contributed by atoms with E-state index in [9.17, 15) is 13.2 Å². The largest absolute Gasteiger partial charge is 0.573 e. The van der Waals surface area contributed by atoms with Gasteiger partial charge >= 0.3 is 6.36 Å². The van der Waals surface area contributed by atoms with Gasteiger partial charge in [0.15, 0.2) is 0 Å². The molecule has 1 aromatic carbocycles. The third-order valence-electron chi connectivity index (χ3n) is 2.72. The van der Waals surface area contributed by atoms with Crippen LogP contribution in [0.5, 0.6) is 5.75 Å². The van der Waals surface area contributed by atoms with Crippen molar-refractivity contribution >= 4 is 11.6 Å². The van der Waals surface area contributed by atoms with Gasteiger partial charge in [-0.05, 0) is 37.1 Å². The molecular weight excluding hydrogens is 291 g/mol. The topological polar surface area (TPSA) is 21.3 Å². The van der Waals surface area contributed by atoms with Gasteiger partial charge in [0.1, 0.15) is 5.75 Å². The first-order valence-electron chi connectivity index (χ1n) is 6.62. The molecule has 0 aliphatic rings. The van der Waals surface area contributed by atoms with E-state index in [2.05, 4.69) is 10.1 Å². The van der Waals surface area contributed by atoms with Gasteiger partial charge in [-0.3, -0.25) is 0 Å². The summed E-state index contributed by atoms with van der Waals surface area (Å²) in [4.78, 5) is 0. The number of hydrogen-bond donors (Lipinski definition) is 1. The number of halogens is 4. The Hall–Kier alpha value is -0.940. The Balaban J connectivity index is 2.18. The molecule has 0 aliphatic heterocycles. The minimum atomic E-state index is -4.64. The van der Waals surface area contributed by atoms with Crippen LogP contribution in [0.2, 0.25) is 0 Å². The van der Waals surface area contributed by atoms with E-state index in [-0.39, 0.29) is 5.75 Å². The van der Waals surface area contributed by atoms with Gasteiger partial charge in [-0.2, -0.15) is 0 Å². The number of alkyl halides is 4. The molecule has 0 saturated carbocycles. The number of rotatable bonds is 9. The predicted molar refractivity (Wildman–Crippen MR) is 74.0 cm³/mol. The first-order chi connectivity index (χ1) is 9.51. The Kier molecular flexibility index (Phi) is 7.77. The zero-order valence-electron chi connectivity index (χ0n) is 11.2. The van der Waals surface area contributed by atoms with E-state index in [0.29, 0.717) is 12.4 Å². The third-order valence-corrected chi connectivity index (χ3v) is 2.99. The van der Waals surface area contributed by atoms with Crippen molar-refractivity contribution < 1.29 is 17.9 Å². The van der Waals surface area contributed by atoms with Crippen molar-refractivity contribution in [2.75, 3.05) is 12.4 Å². The summed E-state index contributed by atoms with van der Waals surface area (Å²) < 4.78 is 39.7. The minimum Gasteiger partial charge on any atom is -0.406 e. The van der Waals surface area contributed by atoms with E-state index in [4.69, 9.17) is 11.6 Å². The number of ether oxygens (including phenoxy) is 1. The summed E-state index contributed by atoms with van der Waals surface area (Å²) in [5, 5.41) is 3.25. The highest BCUT2D eigenvalue weighted by Gasteiger charge is 2.30. The van der Waals surface area contributed by atoms with Crippen LogP contribution >= 0.6 is 11.6 Å². The minimum absolute atomic E-state index is 0.192. The first kappa shape index (κ1) is 17.1. The smallest absolute Gasteiger partial charge is 0.406 e. The van der Waals surface area contributed by atoms with Crippen molar-refractivity contribution in [3.8, 4) is 5.75 Å². The standard InChI is InChI=1S/C14H19ClF3NO/c15-9-3-1-2-4-10-19-11-12-5-7-13(8-6-12)20-14(16,17)18/h5-8,19H,1-4,9-11H2. The maximum absolute atomic E-state index is 12.0. The molecule has 20 heavy (non-hydrogen) atoms. The summed E-state index contributed by atoms with van der Waals surface area (Å²) in [6, 6.07) is 5.90. The Bertz CT molecular complexity index is 368. The molecule has 2 nitrogen and oxygen atoms in total. The Morgan fingerprint density at radius 1 is 1.00 bits per heavy atom. The first-order valence-corrected chi connectivity index (χ1v) is 7.16. The molecule has 1 N–H and O–H groups in total. The zero-order valence-corrected chi connectivity index (χ0v) is 11.9. The summed E-state index contributed by atoms with van der Waals surface area (Å²) in [6.45, 7) is 1.53. The zero-order chi connectivity index (χ0) is 14.8. The van der Waals surface area contributed by atoms with Crippen LogP contribution in [-0.2, 0) is 6.54 Å². The van der Waals surface area contributed by atoms with Gasteiger partial charge in [0, 0.05) is 12.4 Å². The molecule has 0 aromatic heterocycles. The second-order valence-electron chi connectivity index (χ2n) is 4.47. The molecule has 0 heterocycles. The maximum atomic E-state index is 12.0. The lowest BCUT2D eigenvalue weighted by molar-refractivity contribution is -0.274. The average molecular weight is 310 g/mol. The van der Waals surface area contributed by atoms with Crippen LogP contribution in [0.15, 0.2) is 24.3 Å². The van der Waals surface area contributed by atoms with E-state index in [1.807, 2.05) is 0 Å². The fraction of sp³-hybridized carbons (Fsp3) is 0.571. The van der Waals surface area contributed by atoms with E-state index < -0.39 is 6.36 Å². The second-order valence-corrected chi connectivity index (χ2v) is 4.85. The Morgan fingerprint density at radius 3 is 2.25 bits per heavy atom. The van der Waals surface area contributed by atoms with E-state index >= 15 is 0 Å². The van der Waals surface area contributed by atoms with Crippen molar-refractivity contribution in [2.45, 2.75) is 38.6 Å². The van der Waals surface area contributed by atoms with Crippen LogP contribution in [0.1, 0.15) is 31.2 Å². The molecule has 0 aliphatic carbocycles. The maximum Gasteiger partial charge on any atom is 0.573 e. The Labute approximate surface area is 122 Å². The van der Waals surface area contributed by atoms with Crippen LogP contribution < -0.4 is 10.1 Å². The molecule has 114 valence electrons. The molecule has 0 fully saturated rings. The van der Waals surface area contributed by atoms with Crippen molar-refractivity contribution in [3.05, 3.63) is 29.8 Å². The number of hydrogen-bond acceptors (Lipinski definition) is 2. The predicted octanol–water partition coefficient (Wildman–Crippen LogP) is 4.47. The quantitative estimate of drug-likeness (QED) is 0.536. The summed E-state index contributed by atoms with van der Waals surface area (Å²) in [5.41, 5.74) is 0.931. The van der Waals surface area contributed by atoms with Gasteiger partial charge in [0.25, 0.3) is 0 Å². The summed E-state index contributed by atoms with van der Waals surface area (Å²) >= 11 is 5.58. The van der Waals surface area contributed by atoms with Gasteiger partial charge in [0.05, 0.1) is 0 Å². The number of unbranched alkanes of at least 4 members (excludes halogenated alkanes) is 3. The molecule has 0 spiro atoms. The van der Waals surface area contributed by atoms with Gasteiger partial charge < -0.3 is 10.1 Å². The molecule has 0 amide bonds. The van der Waals surface area contributed by atoms with Gasteiger partial charge in [-0.25, -0.2) is 0 Å². The van der Waals surface area contributed by atoms with Crippen LogP contribution in [0.25, 0.3) is 0 Å². The van der Waals surface area contributed by atoms with Crippen LogP contribution in [0.3, 0.4) is 0 Å². The van der Waals surface area contributed by atoms with Crippen LogP contribution in [-0.4, -0.2) is 18.8 Å². The molecule has 0 radical (unpaired) electrons. The van der Waals surface area contributed by atoms with Crippen molar-refractivity contribution in [2.24, 2.45) is 0 Å². The normalized spacial score (nSPS) is 11.6. The van der Waals surface area contributed by atoms with Gasteiger partial charge in [-0.1, -0.05) is 25.0 Å². The van der Waals surface area contributed by atoms with E-state index in [1.165, 1.54) is 12.1 Å². The molecular formula is C14H19ClF3NO. The fourth-order valence-corrected chi connectivity index (χ4v) is 1.93. The highest BCUT2D eigenvalue weighted by Crippen LogP contribution is 2.22. The summed E-state index contributed by atoms with van der Waals surface area (Å²) in [7, 11) is 0. The molecule has 0 atom stereocenters. The molecule has 6 heteroatoms. The van der Waals surface area contributed by atoms with E-state index in [0.717, 1.165) is 37.8 Å². The highest BCUT2D eigenvalue weighted by molar-refractivity contribution is 6.17. The molecule has 1 rings (SSSR count). The Morgan fingerprint density at radius 2 is 1.65 bits per heavy atom. The number of benzene rings is 1. The van der Waals surface area contributed by atoms with Crippen LogP contribution in [0.4, 0.5) is 13.2 Å². The van der Waals surface area contributed by atoms with Gasteiger partial charge in [-0.15, -0.1) is 24.8 Å². The monoisotopic (exact) mass is 309 g/mol. The summed E-state index contributed by atoms with van der Waals surface area (Å²) in [6.07, 6.45) is -0.246. The highest BCUT2D eigenvalue weighted by atomic mass is 35.5.